The number of ether oxygens (including phenoxy) is 1. The smallest absolute Gasteiger partial charge is 0.118 e. The summed E-state index contributed by atoms with van der Waals surface area (Å²) in [5.41, 5.74) is 3.52. The van der Waals surface area contributed by atoms with Gasteiger partial charge in [0.25, 0.3) is 0 Å². The summed E-state index contributed by atoms with van der Waals surface area (Å²) in [5, 5.41) is 12.2. The fourth-order valence-electron chi connectivity index (χ4n) is 2.30. The molecule has 0 aliphatic rings. The zero-order valence-electron chi connectivity index (χ0n) is 13.7. The Morgan fingerprint density at radius 3 is 2.56 bits per heavy atom. The Balaban J connectivity index is 1.75. The third-order valence-corrected chi connectivity index (χ3v) is 4.42. The van der Waals surface area contributed by atoms with Crippen LogP contribution in [0.2, 0.25) is 0 Å². The van der Waals surface area contributed by atoms with E-state index in [1.165, 1.54) is 0 Å². The molecule has 0 bridgehead atoms. The molecule has 2 aromatic carbocycles. The van der Waals surface area contributed by atoms with Crippen LogP contribution < -0.4 is 4.74 Å². The number of aromatic nitrogens is 1. The van der Waals surface area contributed by atoms with Gasteiger partial charge in [-0.15, -0.1) is 11.3 Å². The van der Waals surface area contributed by atoms with Gasteiger partial charge in [0, 0.05) is 10.9 Å². The highest BCUT2D eigenvalue weighted by Crippen LogP contribution is 2.24. The molecule has 122 valence electrons. The molecule has 0 amide bonds. The first-order valence-corrected chi connectivity index (χ1v) is 8.62. The van der Waals surface area contributed by atoms with Gasteiger partial charge < -0.3 is 4.74 Å². The van der Waals surface area contributed by atoms with Crippen LogP contribution in [0.4, 0.5) is 0 Å². The minimum Gasteiger partial charge on any atom is -0.497 e. The van der Waals surface area contributed by atoms with Crippen molar-refractivity contribution in [2.45, 2.75) is 0 Å². The van der Waals surface area contributed by atoms with Crippen molar-refractivity contribution in [1.82, 2.24) is 4.98 Å². The molecule has 0 atom stereocenters. The molecule has 3 aromatic rings. The van der Waals surface area contributed by atoms with Gasteiger partial charge in [-0.3, -0.25) is 0 Å². The largest absolute Gasteiger partial charge is 0.497 e. The molecule has 0 fully saturated rings. The number of thiazole rings is 1. The molecule has 25 heavy (non-hydrogen) atoms. The van der Waals surface area contributed by atoms with Crippen LogP contribution in [0.5, 0.6) is 5.75 Å². The number of allylic oxidation sites excluding steroid dienone is 3. The Bertz CT molecular complexity index is 932. The minimum atomic E-state index is 0.629. The Labute approximate surface area is 151 Å². The fraction of sp³-hybridized carbons (Fsp3) is 0.0476. The Morgan fingerprint density at radius 2 is 1.88 bits per heavy atom. The van der Waals surface area contributed by atoms with Crippen LogP contribution >= 0.6 is 11.3 Å². The lowest BCUT2D eigenvalue weighted by atomic mass is 10.1. The quantitative estimate of drug-likeness (QED) is 0.457. The topological polar surface area (TPSA) is 45.9 Å². The molecule has 0 radical (unpaired) electrons. The van der Waals surface area contributed by atoms with E-state index in [1.54, 1.807) is 18.4 Å². The predicted octanol–water partition coefficient (Wildman–Crippen LogP) is 5.44. The van der Waals surface area contributed by atoms with Crippen LogP contribution in [0.25, 0.3) is 22.9 Å². The first kappa shape index (κ1) is 16.7. The average Bonchev–Trinajstić information content (AvgIpc) is 3.15. The molecule has 4 heteroatoms. The molecule has 0 spiro atoms. The summed E-state index contributed by atoms with van der Waals surface area (Å²) in [7, 11) is 1.65. The van der Waals surface area contributed by atoms with Gasteiger partial charge in [-0.25, -0.2) is 4.98 Å². The van der Waals surface area contributed by atoms with E-state index in [0.717, 1.165) is 27.6 Å². The number of rotatable bonds is 5. The SMILES string of the molecule is COc1ccc(-c2csc(C=CC=C(C#N)c3ccccc3)n2)cc1. The van der Waals surface area contributed by atoms with E-state index in [4.69, 9.17) is 4.74 Å². The summed E-state index contributed by atoms with van der Waals surface area (Å²) in [6.07, 6.45) is 5.59. The van der Waals surface area contributed by atoms with Gasteiger partial charge in [-0.05, 0) is 42.0 Å². The van der Waals surface area contributed by atoms with Crippen molar-refractivity contribution in [3.05, 3.63) is 82.7 Å². The van der Waals surface area contributed by atoms with Crippen LogP contribution in [0, 0.1) is 11.3 Å². The summed E-state index contributed by atoms with van der Waals surface area (Å²) in [6, 6.07) is 19.7. The first-order chi connectivity index (χ1) is 12.3. The number of benzene rings is 2. The Kier molecular flexibility index (Phi) is 5.40. The second kappa shape index (κ2) is 8.09. The summed E-state index contributed by atoms with van der Waals surface area (Å²) in [5.74, 6) is 0.828. The highest BCUT2D eigenvalue weighted by molar-refractivity contribution is 7.10. The molecular weight excluding hydrogens is 328 g/mol. The van der Waals surface area contributed by atoms with Crippen LogP contribution in [0.15, 0.2) is 72.1 Å². The molecule has 3 nitrogen and oxygen atoms in total. The molecule has 1 aromatic heterocycles. The maximum absolute atomic E-state index is 9.30. The summed E-state index contributed by atoms with van der Waals surface area (Å²) < 4.78 is 5.17. The minimum absolute atomic E-state index is 0.629. The zero-order chi connectivity index (χ0) is 17.5. The van der Waals surface area contributed by atoms with Crippen molar-refractivity contribution in [2.75, 3.05) is 7.11 Å². The van der Waals surface area contributed by atoms with Crippen LogP contribution in [0.1, 0.15) is 10.6 Å². The summed E-state index contributed by atoms with van der Waals surface area (Å²) >= 11 is 1.57. The zero-order valence-corrected chi connectivity index (χ0v) is 14.5. The molecule has 0 unspecified atom stereocenters. The number of hydrogen-bond acceptors (Lipinski definition) is 4. The number of nitriles is 1. The lowest BCUT2D eigenvalue weighted by Gasteiger charge is -2.00. The summed E-state index contributed by atoms with van der Waals surface area (Å²) in [6.45, 7) is 0. The van der Waals surface area contributed by atoms with E-state index in [9.17, 15) is 5.26 Å². The van der Waals surface area contributed by atoms with E-state index in [0.29, 0.717) is 5.57 Å². The van der Waals surface area contributed by atoms with E-state index >= 15 is 0 Å². The predicted molar refractivity (Wildman–Crippen MR) is 103 cm³/mol. The number of nitrogens with zero attached hydrogens (tertiary/aromatic N) is 2. The van der Waals surface area contributed by atoms with Gasteiger partial charge in [-0.1, -0.05) is 36.4 Å². The van der Waals surface area contributed by atoms with Gasteiger partial charge in [0.15, 0.2) is 0 Å². The van der Waals surface area contributed by atoms with Crippen LogP contribution in [-0.4, -0.2) is 12.1 Å². The van der Waals surface area contributed by atoms with Crippen LogP contribution in [-0.2, 0) is 0 Å². The molecule has 0 aliphatic heterocycles. The molecule has 0 saturated carbocycles. The molecule has 3 rings (SSSR count). The van der Waals surface area contributed by atoms with Crippen molar-refractivity contribution in [2.24, 2.45) is 0 Å². The highest BCUT2D eigenvalue weighted by atomic mass is 32.1. The van der Waals surface area contributed by atoms with Crippen molar-refractivity contribution >= 4 is 23.0 Å². The lowest BCUT2D eigenvalue weighted by Crippen LogP contribution is -1.83. The van der Waals surface area contributed by atoms with Gasteiger partial charge in [0.2, 0.25) is 0 Å². The second-order valence-corrected chi connectivity index (χ2v) is 6.11. The average molecular weight is 344 g/mol. The van der Waals surface area contributed by atoms with Crippen LogP contribution in [0.3, 0.4) is 0 Å². The van der Waals surface area contributed by atoms with E-state index in [1.807, 2.05) is 78.2 Å². The second-order valence-electron chi connectivity index (χ2n) is 5.22. The first-order valence-electron chi connectivity index (χ1n) is 7.74. The third kappa shape index (κ3) is 4.23. The molecular formula is C21H16N2OS. The van der Waals surface area contributed by atoms with Crippen molar-refractivity contribution in [1.29, 1.82) is 5.26 Å². The van der Waals surface area contributed by atoms with E-state index < -0.39 is 0 Å². The van der Waals surface area contributed by atoms with E-state index in [-0.39, 0.29) is 0 Å². The Morgan fingerprint density at radius 1 is 1.12 bits per heavy atom. The number of hydrogen-bond donors (Lipinski definition) is 0. The van der Waals surface area contributed by atoms with Crippen molar-refractivity contribution < 1.29 is 4.74 Å². The lowest BCUT2D eigenvalue weighted by molar-refractivity contribution is 0.415. The maximum atomic E-state index is 9.30. The molecule has 0 N–H and O–H groups in total. The fourth-order valence-corrected chi connectivity index (χ4v) is 3.03. The van der Waals surface area contributed by atoms with Gasteiger partial charge >= 0.3 is 0 Å². The van der Waals surface area contributed by atoms with Gasteiger partial charge in [0.1, 0.15) is 10.8 Å². The molecule has 1 heterocycles. The third-order valence-electron chi connectivity index (χ3n) is 3.61. The highest BCUT2D eigenvalue weighted by Gasteiger charge is 2.03. The monoisotopic (exact) mass is 344 g/mol. The van der Waals surface area contributed by atoms with Crippen molar-refractivity contribution in [3.8, 4) is 23.1 Å². The van der Waals surface area contributed by atoms with Crippen molar-refractivity contribution in [3.63, 3.8) is 0 Å². The normalized spacial score (nSPS) is 11.4. The summed E-state index contributed by atoms with van der Waals surface area (Å²) in [4.78, 5) is 4.61. The van der Waals surface area contributed by atoms with E-state index in [2.05, 4.69) is 11.1 Å². The standard InChI is InChI=1S/C21H16N2OS/c1-24-19-12-10-17(11-13-19)20-15-25-21(23-20)9-5-8-18(14-22)16-6-3-2-4-7-16/h2-13,15H,1H3. The number of methoxy groups -OCH3 is 1. The maximum Gasteiger partial charge on any atom is 0.118 e. The van der Waals surface area contributed by atoms with Gasteiger partial charge in [0.05, 0.1) is 24.4 Å². The van der Waals surface area contributed by atoms with Gasteiger partial charge in [-0.2, -0.15) is 5.26 Å². The Hall–Kier alpha value is -3.16. The molecule has 0 aliphatic carbocycles. The molecule has 0 saturated heterocycles.